The quantitative estimate of drug-likeness (QED) is 0.260. The Hall–Kier alpha value is -4.07. The minimum atomic E-state index is -4.58. The Labute approximate surface area is 255 Å². The predicted octanol–water partition coefficient (Wildman–Crippen LogP) is 6.81. The number of hydrogen-bond donors (Lipinski definition) is 2. The zero-order valence-corrected chi connectivity index (χ0v) is 25.3. The van der Waals surface area contributed by atoms with E-state index in [2.05, 4.69) is 39.1 Å². The summed E-state index contributed by atoms with van der Waals surface area (Å²) in [5, 5.41) is 26.1. The van der Waals surface area contributed by atoms with Crippen molar-refractivity contribution in [2.75, 3.05) is 22.9 Å². The average Bonchev–Trinajstić information content (AvgIpc) is 3.45. The number of halogens is 3. The van der Waals surface area contributed by atoms with Gasteiger partial charge in [0.25, 0.3) is 0 Å². The molecule has 3 aromatic rings. The van der Waals surface area contributed by atoms with Gasteiger partial charge in [-0.15, -0.1) is 5.10 Å². The number of fused-ring (bicyclic) bond motifs is 1. The molecule has 2 aliphatic carbocycles. The van der Waals surface area contributed by atoms with Crippen LogP contribution in [-0.2, 0) is 36.9 Å². The number of carbonyl (C=O) groups is 1. The molecule has 0 atom stereocenters. The molecule has 5 rings (SSSR count). The molecule has 2 N–H and O–H groups in total. The second-order valence-electron chi connectivity index (χ2n) is 12.2. The Balaban J connectivity index is 1.49. The minimum absolute atomic E-state index is 0.0508. The molecule has 1 aromatic heterocycles. The Bertz CT molecular complexity index is 1520. The first-order valence-corrected chi connectivity index (χ1v) is 15.4. The van der Waals surface area contributed by atoms with E-state index in [1.807, 2.05) is 11.0 Å². The Morgan fingerprint density at radius 3 is 2.34 bits per heavy atom. The second kappa shape index (κ2) is 13.3. The summed E-state index contributed by atoms with van der Waals surface area (Å²) < 4.78 is 41.1. The van der Waals surface area contributed by atoms with Gasteiger partial charge in [-0.05, 0) is 118 Å². The van der Waals surface area contributed by atoms with Crippen molar-refractivity contribution in [3.8, 4) is 6.07 Å². The normalized spacial score (nSPS) is 18.4. The van der Waals surface area contributed by atoms with Gasteiger partial charge < -0.3 is 14.9 Å². The van der Waals surface area contributed by atoms with Gasteiger partial charge in [-0.25, -0.2) is 0 Å². The number of carboxylic acids is 1. The lowest BCUT2D eigenvalue weighted by molar-refractivity contribution is -0.143. The lowest BCUT2D eigenvalue weighted by Gasteiger charge is -2.35. The molecule has 2 aliphatic rings. The van der Waals surface area contributed by atoms with Gasteiger partial charge in [-0.2, -0.15) is 23.4 Å². The number of alkyl halides is 3. The Morgan fingerprint density at radius 1 is 1.05 bits per heavy atom. The molecule has 0 bridgehead atoms. The van der Waals surface area contributed by atoms with E-state index in [4.69, 9.17) is 0 Å². The molecule has 0 amide bonds. The largest absolute Gasteiger partial charge is 0.481 e. The molecule has 0 unspecified atom stereocenters. The Morgan fingerprint density at radius 2 is 1.75 bits per heavy atom. The van der Waals surface area contributed by atoms with Crippen molar-refractivity contribution < 1.29 is 23.1 Å². The maximum absolute atomic E-state index is 13.7. The van der Waals surface area contributed by atoms with E-state index < -0.39 is 17.7 Å². The van der Waals surface area contributed by atoms with E-state index in [0.717, 1.165) is 75.0 Å². The van der Waals surface area contributed by atoms with Crippen molar-refractivity contribution in [1.29, 1.82) is 5.26 Å². The predicted molar refractivity (Wildman–Crippen MR) is 161 cm³/mol. The van der Waals surface area contributed by atoms with Crippen LogP contribution < -0.4 is 9.80 Å². The van der Waals surface area contributed by atoms with Crippen LogP contribution in [0.25, 0.3) is 0 Å². The van der Waals surface area contributed by atoms with Crippen molar-refractivity contribution in [3.63, 3.8) is 0 Å². The lowest BCUT2D eigenvalue weighted by atomic mass is 9.81. The number of aryl methyl sites for hydroxylation is 3. The standard InChI is InChI=1S/C33H39F3N6O2/c1-3-41(18-22-8-10-25(11-9-22)31(43)44)30-16-27-7-5-4-6-26(27)15-28(30)20-42(32-38-21(2)39-40-32)19-24-12-23(17-37)13-29(14-24)33(34,35)36/h12-16,22,25H,3-11,18-20H2,1-2H3,(H,43,44)(H,38,39,40). The van der Waals surface area contributed by atoms with Gasteiger partial charge in [0.1, 0.15) is 5.82 Å². The molecule has 8 nitrogen and oxygen atoms in total. The zero-order valence-electron chi connectivity index (χ0n) is 25.3. The number of aliphatic carboxylic acids is 1. The van der Waals surface area contributed by atoms with E-state index in [0.29, 0.717) is 42.6 Å². The van der Waals surface area contributed by atoms with Gasteiger partial charge in [-0.1, -0.05) is 6.07 Å². The molecule has 0 aliphatic heterocycles. The smallest absolute Gasteiger partial charge is 0.416 e. The number of anilines is 2. The number of hydrogen-bond acceptors (Lipinski definition) is 6. The van der Waals surface area contributed by atoms with E-state index in [-0.39, 0.29) is 18.0 Å². The topological polar surface area (TPSA) is 109 Å². The van der Waals surface area contributed by atoms with Crippen LogP contribution in [0, 0.1) is 30.1 Å². The molecule has 234 valence electrons. The monoisotopic (exact) mass is 608 g/mol. The van der Waals surface area contributed by atoms with Crippen LogP contribution in [0.4, 0.5) is 24.8 Å². The van der Waals surface area contributed by atoms with Crippen molar-refractivity contribution >= 4 is 17.6 Å². The lowest BCUT2D eigenvalue weighted by Crippen LogP contribution is -2.34. The van der Waals surface area contributed by atoms with Crippen molar-refractivity contribution in [3.05, 3.63) is 69.5 Å². The number of nitrogens with zero attached hydrogens (tertiary/aromatic N) is 5. The molecule has 1 heterocycles. The molecule has 1 fully saturated rings. The highest BCUT2D eigenvalue weighted by Crippen LogP contribution is 2.36. The highest BCUT2D eigenvalue weighted by Gasteiger charge is 2.32. The first-order chi connectivity index (χ1) is 21.0. The van der Waals surface area contributed by atoms with Crippen molar-refractivity contribution in [1.82, 2.24) is 15.2 Å². The first-order valence-electron chi connectivity index (χ1n) is 15.4. The van der Waals surface area contributed by atoms with E-state index in [1.54, 1.807) is 6.92 Å². The third kappa shape index (κ3) is 7.34. The fourth-order valence-electron chi connectivity index (χ4n) is 6.65. The van der Waals surface area contributed by atoms with Crippen LogP contribution in [0.3, 0.4) is 0 Å². The number of rotatable bonds is 10. The van der Waals surface area contributed by atoms with E-state index in [9.17, 15) is 28.3 Å². The van der Waals surface area contributed by atoms with Crippen LogP contribution in [0.5, 0.6) is 0 Å². The van der Waals surface area contributed by atoms with Gasteiger partial charge in [0.05, 0.1) is 23.1 Å². The van der Waals surface area contributed by atoms with Gasteiger partial charge in [0, 0.05) is 31.9 Å². The fraction of sp³-hybridized carbons (Fsp3) is 0.515. The SMILES string of the molecule is CCN(CC1CCC(C(=O)O)CC1)c1cc2c(cc1CN(Cc1cc(C#N)cc(C(F)(F)F)c1)c1n[nH]c(C)n1)CCCC2. The minimum Gasteiger partial charge on any atom is -0.481 e. The summed E-state index contributed by atoms with van der Waals surface area (Å²) in [4.78, 5) is 20.3. The van der Waals surface area contributed by atoms with Crippen molar-refractivity contribution in [2.45, 2.75) is 84.5 Å². The van der Waals surface area contributed by atoms with Crippen LogP contribution >= 0.6 is 0 Å². The first kappa shape index (κ1) is 31.4. The zero-order chi connectivity index (χ0) is 31.4. The van der Waals surface area contributed by atoms with Crippen molar-refractivity contribution in [2.24, 2.45) is 11.8 Å². The number of nitriles is 1. The number of aromatic amines is 1. The third-order valence-corrected chi connectivity index (χ3v) is 8.99. The highest BCUT2D eigenvalue weighted by atomic mass is 19.4. The summed E-state index contributed by atoms with van der Waals surface area (Å²) >= 11 is 0. The van der Waals surface area contributed by atoms with Gasteiger partial charge in [0.2, 0.25) is 5.95 Å². The Kier molecular flexibility index (Phi) is 9.47. The van der Waals surface area contributed by atoms with Crippen LogP contribution in [0.15, 0.2) is 30.3 Å². The molecule has 44 heavy (non-hydrogen) atoms. The summed E-state index contributed by atoms with van der Waals surface area (Å²) in [6, 6.07) is 9.84. The van der Waals surface area contributed by atoms with Gasteiger partial charge >= 0.3 is 12.1 Å². The van der Waals surface area contributed by atoms with E-state index >= 15 is 0 Å². The molecule has 1 saturated carbocycles. The number of nitrogens with one attached hydrogen (secondary N) is 1. The summed E-state index contributed by atoms with van der Waals surface area (Å²) in [7, 11) is 0. The van der Waals surface area contributed by atoms with Gasteiger partial charge in [0.15, 0.2) is 0 Å². The molecule has 0 saturated heterocycles. The average molecular weight is 609 g/mol. The maximum Gasteiger partial charge on any atom is 0.416 e. The van der Waals surface area contributed by atoms with E-state index in [1.165, 1.54) is 17.2 Å². The molecule has 0 radical (unpaired) electrons. The number of carboxylic acid groups (broad SMARTS) is 1. The maximum atomic E-state index is 13.7. The summed E-state index contributed by atoms with van der Waals surface area (Å²) in [6.07, 6.45) is 2.77. The summed E-state index contributed by atoms with van der Waals surface area (Å²) in [6.45, 7) is 5.92. The van der Waals surface area contributed by atoms with Crippen LogP contribution in [-0.4, -0.2) is 39.3 Å². The van der Waals surface area contributed by atoms with Gasteiger partial charge in [-0.3, -0.25) is 9.89 Å². The summed E-state index contributed by atoms with van der Waals surface area (Å²) in [5.41, 5.74) is 4.20. The number of benzene rings is 2. The number of H-pyrrole nitrogens is 1. The number of aromatic nitrogens is 3. The highest BCUT2D eigenvalue weighted by molar-refractivity contribution is 5.70. The third-order valence-electron chi connectivity index (χ3n) is 8.99. The molecule has 11 heteroatoms. The molecular formula is C33H39F3N6O2. The summed E-state index contributed by atoms with van der Waals surface area (Å²) in [5.74, 6) is 0.367. The second-order valence-corrected chi connectivity index (χ2v) is 12.2. The molecule has 2 aromatic carbocycles. The van der Waals surface area contributed by atoms with Crippen LogP contribution in [0.2, 0.25) is 0 Å². The fourth-order valence-corrected chi connectivity index (χ4v) is 6.65. The molecular weight excluding hydrogens is 569 g/mol. The van der Waals surface area contributed by atoms with Crippen LogP contribution in [0.1, 0.15) is 84.7 Å². The molecule has 0 spiro atoms.